The Bertz CT molecular complexity index is 399. The maximum Gasteiger partial charge on any atom is 0.257 e. The molecule has 100 valence electrons. The van der Waals surface area contributed by atoms with E-state index >= 15 is 0 Å². The first-order chi connectivity index (χ1) is 8.54. The molecule has 0 aliphatic carbocycles. The van der Waals surface area contributed by atoms with Gasteiger partial charge in [0.05, 0.1) is 0 Å². The van der Waals surface area contributed by atoms with Crippen molar-refractivity contribution in [3.8, 4) is 5.75 Å². The van der Waals surface area contributed by atoms with Crippen LogP contribution < -0.4 is 10.1 Å². The summed E-state index contributed by atoms with van der Waals surface area (Å²) in [6.45, 7) is 9.21. The molecule has 0 bridgehead atoms. The lowest BCUT2D eigenvalue weighted by molar-refractivity contribution is -0.123. The molecule has 0 heterocycles. The second-order valence-electron chi connectivity index (χ2n) is 4.81. The number of ether oxygens (including phenoxy) is 1. The Balaban J connectivity index is 2.53. The predicted octanol–water partition coefficient (Wildman–Crippen LogP) is 3.02. The van der Waals surface area contributed by atoms with E-state index in [1.54, 1.807) is 0 Å². The zero-order chi connectivity index (χ0) is 13.5. The lowest BCUT2D eigenvalue weighted by Crippen LogP contribution is -2.29. The number of amides is 1. The van der Waals surface area contributed by atoms with Crippen molar-refractivity contribution in [2.24, 2.45) is 0 Å². The number of benzene rings is 1. The van der Waals surface area contributed by atoms with Crippen LogP contribution in [-0.4, -0.2) is 19.1 Å². The first-order valence-electron chi connectivity index (χ1n) is 6.54. The summed E-state index contributed by atoms with van der Waals surface area (Å²) in [4.78, 5) is 11.4. The van der Waals surface area contributed by atoms with E-state index in [1.165, 1.54) is 11.1 Å². The van der Waals surface area contributed by atoms with Gasteiger partial charge in [-0.3, -0.25) is 4.79 Å². The molecular weight excluding hydrogens is 226 g/mol. The highest BCUT2D eigenvalue weighted by atomic mass is 16.5. The van der Waals surface area contributed by atoms with Crippen molar-refractivity contribution in [1.82, 2.24) is 5.32 Å². The summed E-state index contributed by atoms with van der Waals surface area (Å²) < 4.78 is 5.47. The minimum absolute atomic E-state index is 0.0672. The van der Waals surface area contributed by atoms with Gasteiger partial charge in [-0.15, -0.1) is 0 Å². The Hall–Kier alpha value is -1.51. The number of nitrogens with one attached hydrogen (secondary N) is 1. The van der Waals surface area contributed by atoms with Gasteiger partial charge in [-0.2, -0.15) is 0 Å². The number of hydrogen-bond donors (Lipinski definition) is 1. The van der Waals surface area contributed by atoms with Gasteiger partial charge in [-0.05, 0) is 42.5 Å². The average molecular weight is 249 g/mol. The van der Waals surface area contributed by atoms with Gasteiger partial charge in [0.2, 0.25) is 0 Å². The third kappa shape index (κ3) is 4.40. The molecule has 3 nitrogen and oxygen atoms in total. The molecule has 3 heteroatoms. The maximum atomic E-state index is 11.4. The topological polar surface area (TPSA) is 38.3 Å². The Morgan fingerprint density at radius 2 is 2.11 bits per heavy atom. The number of carbonyl (C=O) groups is 1. The standard InChI is InChI=1S/C15H23NO2/c1-5-8-16-15(17)10-18-13-6-7-14(11(2)3)12(4)9-13/h6-7,9,11H,5,8,10H2,1-4H3,(H,16,17). The summed E-state index contributed by atoms with van der Waals surface area (Å²) in [5.74, 6) is 1.19. The van der Waals surface area contributed by atoms with Crippen LogP contribution in [0, 0.1) is 6.92 Å². The number of aryl methyl sites for hydroxylation is 1. The van der Waals surface area contributed by atoms with Crippen molar-refractivity contribution >= 4 is 5.91 Å². The fraction of sp³-hybridized carbons (Fsp3) is 0.533. The van der Waals surface area contributed by atoms with Crippen LogP contribution in [0.15, 0.2) is 18.2 Å². The Labute approximate surface area is 110 Å². The molecular formula is C15H23NO2. The van der Waals surface area contributed by atoms with Gasteiger partial charge in [0.15, 0.2) is 6.61 Å². The third-order valence-electron chi connectivity index (χ3n) is 2.81. The van der Waals surface area contributed by atoms with Crippen LogP contribution >= 0.6 is 0 Å². The van der Waals surface area contributed by atoms with E-state index in [2.05, 4.69) is 32.2 Å². The molecule has 1 amide bonds. The summed E-state index contributed by atoms with van der Waals surface area (Å²) in [5.41, 5.74) is 2.52. The molecule has 0 aliphatic rings. The summed E-state index contributed by atoms with van der Waals surface area (Å²) in [6, 6.07) is 5.98. The van der Waals surface area contributed by atoms with Crippen molar-refractivity contribution in [2.45, 2.75) is 40.0 Å². The van der Waals surface area contributed by atoms with Crippen molar-refractivity contribution in [3.05, 3.63) is 29.3 Å². The molecule has 1 aromatic rings. The summed E-state index contributed by atoms with van der Waals surface area (Å²) in [6.07, 6.45) is 0.938. The second-order valence-corrected chi connectivity index (χ2v) is 4.81. The Morgan fingerprint density at radius 3 is 2.67 bits per heavy atom. The highest BCUT2D eigenvalue weighted by molar-refractivity contribution is 5.77. The molecule has 0 saturated heterocycles. The van der Waals surface area contributed by atoms with Gasteiger partial charge in [0.1, 0.15) is 5.75 Å². The maximum absolute atomic E-state index is 11.4. The molecule has 0 aliphatic heterocycles. The van der Waals surface area contributed by atoms with Crippen LogP contribution in [0.3, 0.4) is 0 Å². The zero-order valence-electron chi connectivity index (χ0n) is 11.7. The van der Waals surface area contributed by atoms with Crippen molar-refractivity contribution < 1.29 is 9.53 Å². The fourth-order valence-electron chi connectivity index (χ4n) is 1.85. The fourth-order valence-corrected chi connectivity index (χ4v) is 1.85. The van der Waals surface area contributed by atoms with Gasteiger partial charge >= 0.3 is 0 Å². The Morgan fingerprint density at radius 1 is 1.39 bits per heavy atom. The number of hydrogen-bond acceptors (Lipinski definition) is 2. The van der Waals surface area contributed by atoms with Gasteiger partial charge in [0, 0.05) is 6.54 Å². The first kappa shape index (κ1) is 14.6. The van der Waals surface area contributed by atoms with Crippen LogP contribution in [0.25, 0.3) is 0 Å². The molecule has 0 saturated carbocycles. The monoisotopic (exact) mass is 249 g/mol. The minimum Gasteiger partial charge on any atom is -0.484 e. The van der Waals surface area contributed by atoms with Crippen LogP contribution in [0.4, 0.5) is 0 Å². The molecule has 18 heavy (non-hydrogen) atoms. The van der Waals surface area contributed by atoms with E-state index < -0.39 is 0 Å². The van der Waals surface area contributed by atoms with Gasteiger partial charge in [0.25, 0.3) is 5.91 Å². The molecule has 1 aromatic carbocycles. The van der Waals surface area contributed by atoms with Crippen LogP contribution in [0.5, 0.6) is 5.75 Å². The van der Waals surface area contributed by atoms with Crippen molar-refractivity contribution in [3.63, 3.8) is 0 Å². The van der Waals surface area contributed by atoms with E-state index in [1.807, 2.05) is 19.1 Å². The quantitative estimate of drug-likeness (QED) is 0.841. The molecule has 1 rings (SSSR count). The normalized spacial score (nSPS) is 10.5. The molecule has 0 spiro atoms. The van der Waals surface area contributed by atoms with Crippen LogP contribution in [0.1, 0.15) is 44.2 Å². The minimum atomic E-state index is -0.0672. The van der Waals surface area contributed by atoms with Crippen LogP contribution in [0.2, 0.25) is 0 Å². The molecule has 0 fully saturated rings. The van der Waals surface area contributed by atoms with Crippen molar-refractivity contribution in [2.75, 3.05) is 13.2 Å². The van der Waals surface area contributed by atoms with E-state index in [0.29, 0.717) is 12.5 Å². The first-order valence-corrected chi connectivity index (χ1v) is 6.54. The lowest BCUT2D eigenvalue weighted by Gasteiger charge is -2.12. The van der Waals surface area contributed by atoms with Gasteiger partial charge < -0.3 is 10.1 Å². The lowest BCUT2D eigenvalue weighted by atomic mass is 9.98. The molecule has 0 aromatic heterocycles. The smallest absolute Gasteiger partial charge is 0.257 e. The average Bonchev–Trinajstić information content (AvgIpc) is 2.33. The predicted molar refractivity (Wildman–Crippen MR) is 74.1 cm³/mol. The molecule has 0 unspecified atom stereocenters. The SMILES string of the molecule is CCCNC(=O)COc1ccc(C(C)C)c(C)c1. The van der Waals surface area contributed by atoms with E-state index in [-0.39, 0.29) is 12.5 Å². The largest absolute Gasteiger partial charge is 0.484 e. The highest BCUT2D eigenvalue weighted by Crippen LogP contribution is 2.23. The van der Waals surface area contributed by atoms with E-state index in [0.717, 1.165) is 12.2 Å². The molecule has 0 atom stereocenters. The van der Waals surface area contributed by atoms with Crippen molar-refractivity contribution in [1.29, 1.82) is 0 Å². The van der Waals surface area contributed by atoms with E-state index in [4.69, 9.17) is 4.74 Å². The number of carbonyl (C=O) groups excluding carboxylic acids is 1. The second kappa shape index (κ2) is 7.04. The third-order valence-corrected chi connectivity index (χ3v) is 2.81. The van der Waals surface area contributed by atoms with Gasteiger partial charge in [-0.1, -0.05) is 26.8 Å². The highest BCUT2D eigenvalue weighted by Gasteiger charge is 2.06. The number of rotatable bonds is 6. The zero-order valence-corrected chi connectivity index (χ0v) is 11.7. The molecule has 0 radical (unpaired) electrons. The summed E-state index contributed by atoms with van der Waals surface area (Å²) in [5, 5.41) is 2.78. The Kier molecular flexibility index (Phi) is 5.69. The summed E-state index contributed by atoms with van der Waals surface area (Å²) in [7, 11) is 0. The van der Waals surface area contributed by atoms with E-state index in [9.17, 15) is 4.79 Å². The van der Waals surface area contributed by atoms with Crippen LogP contribution in [-0.2, 0) is 4.79 Å². The van der Waals surface area contributed by atoms with Gasteiger partial charge in [-0.25, -0.2) is 0 Å². The molecule has 1 N–H and O–H groups in total. The summed E-state index contributed by atoms with van der Waals surface area (Å²) >= 11 is 0.